The number of carbonyl (C=O) groups excluding carboxylic acids is 1. The van der Waals surface area contributed by atoms with Gasteiger partial charge in [-0.25, -0.2) is 8.42 Å². The molecule has 5 rings (SSSR count). The van der Waals surface area contributed by atoms with Crippen molar-refractivity contribution in [1.82, 2.24) is 4.31 Å². The van der Waals surface area contributed by atoms with Crippen LogP contribution in [0.1, 0.15) is 16.1 Å². The number of morpholine rings is 1. The Balaban J connectivity index is 1.34. The monoisotopic (exact) mass is 492 g/mol. The lowest BCUT2D eigenvalue weighted by atomic mass is 10.1. The molecule has 180 valence electrons. The minimum Gasteiger partial charge on any atom is -0.457 e. The highest BCUT2D eigenvalue weighted by atomic mass is 32.2. The highest BCUT2D eigenvalue weighted by molar-refractivity contribution is 7.89. The standard InChI is InChI=1S/C26H24N2O6S/c1-18-23-17-22(35(30,31)28-13-15-32-16-14-28)11-12-24(23)34-25(18)26(29)27-19-7-9-21(10-8-19)33-20-5-3-2-4-6-20/h2-12,17H,13-16H2,1H3,(H,27,29). The summed E-state index contributed by atoms with van der Waals surface area (Å²) < 4.78 is 44.3. The van der Waals surface area contributed by atoms with Gasteiger partial charge in [0.1, 0.15) is 17.1 Å². The van der Waals surface area contributed by atoms with Crippen LogP contribution in [0.4, 0.5) is 5.69 Å². The molecule has 0 spiro atoms. The molecule has 0 unspecified atom stereocenters. The lowest BCUT2D eigenvalue weighted by Crippen LogP contribution is -2.40. The molecule has 0 radical (unpaired) electrons. The molecule has 1 aliphatic heterocycles. The molecule has 8 nitrogen and oxygen atoms in total. The first-order valence-electron chi connectivity index (χ1n) is 11.2. The van der Waals surface area contributed by atoms with Crippen LogP contribution in [0.2, 0.25) is 0 Å². The van der Waals surface area contributed by atoms with Gasteiger partial charge in [0.05, 0.1) is 18.1 Å². The second-order valence-electron chi connectivity index (χ2n) is 8.12. The van der Waals surface area contributed by atoms with Crippen LogP contribution in [0, 0.1) is 6.92 Å². The highest BCUT2D eigenvalue weighted by Gasteiger charge is 2.27. The smallest absolute Gasteiger partial charge is 0.291 e. The van der Waals surface area contributed by atoms with Crippen LogP contribution in [-0.4, -0.2) is 44.9 Å². The molecule has 2 heterocycles. The number of para-hydroxylation sites is 1. The number of nitrogens with zero attached hydrogens (tertiary/aromatic N) is 1. The van der Waals surface area contributed by atoms with Crippen molar-refractivity contribution in [3.05, 3.63) is 84.1 Å². The van der Waals surface area contributed by atoms with Gasteiger partial charge in [-0.3, -0.25) is 4.79 Å². The minimum atomic E-state index is -3.66. The molecular formula is C26H24N2O6S. The number of hydrogen-bond acceptors (Lipinski definition) is 6. The third kappa shape index (κ3) is 4.79. The number of ether oxygens (including phenoxy) is 2. The number of furan rings is 1. The predicted molar refractivity (Wildman–Crippen MR) is 131 cm³/mol. The number of amides is 1. The Hall–Kier alpha value is -3.66. The van der Waals surface area contributed by atoms with Gasteiger partial charge < -0.3 is 19.2 Å². The van der Waals surface area contributed by atoms with Gasteiger partial charge in [0.2, 0.25) is 10.0 Å². The van der Waals surface area contributed by atoms with Gasteiger partial charge in [-0.05, 0) is 61.5 Å². The van der Waals surface area contributed by atoms with Crippen molar-refractivity contribution in [3.63, 3.8) is 0 Å². The molecule has 0 bridgehead atoms. The fraction of sp³-hybridized carbons (Fsp3) is 0.192. The van der Waals surface area contributed by atoms with Gasteiger partial charge in [-0.2, -0.15) is 4.31 Å². The number of benzene rings is 3. The molecule has 0 aliphatic carbocycles. The van der Waals surface area contributed by atoms with Crippen molar-refractivity contribution in [2.24, 2.45) is 0 Å². The van der Waals surface area contributed by atoms with Crippen molar-refractivity contribution in [3.8, 4) is 11.5 Å². The molecule has 0 saturated carbocycles. The molecule has 1 aromatic heterocycles. The van der Waals surface area contributed by atoms with Crippen molar-refractivity contribution in [1.29, 1.82) is 0 Å². The van der Waals surface area contributed by atoms with Gasteiger partial charge in [0, 0.05) is 29.7 Å². The Morgan fingerprint density at radius 2 is 1.63 bits per heavy atom. The Morgan fingerprint density at radius 3 is 2.34 bits per heavy atom. The van der Waals surface area contributed by atoms with E-state index in [9.17, 15) is 13.2 Å². The molecule has 1 N–H and O–H groups in total. The van der Waals surface area contributed by atoms with Crippen LogP contribution in [0.5, 0.6) is 11.5 Å². The SMILES string of the molecule is Cc1c(C(=O)Nc2ccc(Oc3ccccc3)cc2)oc2ccc(S(=O)(=O)N3CCOCC3)cc12. The topological polar surface area (TPSA) is 98.1 Å². The van der Waals surface area contributed by atoms with E-state index in [1.165, 1.54) is 10.4 Å². The number of fused-ring (bicyclic) bond motifs is 1. The summed E-state index contributed by atoms with van der Waals surface area (Å²) in [6.07, 6.45) is 0. The zero-order chi connectivity index (χ0) is 24.4. The number of anilines is 1. The summed E-state index contributed by atoms with van der Waals surface area (Å²) in [5.74, 6) is 1.07. The molecular weight excluding hydrogens is 468 g/mol. The minimum absolute atomic E-state index is 0.130. The summed E-state index contributed by atoms with van der Waals surface area (Å²) in [4.78, 5) is 13.1. The van der Waals surface area contributed by atoms with E-state index in [-0.39, 0.29) is 10.7 Å². The molecule has 0 atom stereocenters. The van der Waals surface area contributed by atoms with E-state index in [0.29, 0.717) is 54.3 Å². The maximum absolute atomic E-state index is 13.0. The average molecular weight is 493 g/mol. The first kappa shape index (κ1) is 23.1. The Morgan fingerprint density at radius 1 is 0.943 bits per heavy atom. The summed E-state index contributed by atoms with van der Waals surface area (Å²) in [5, 5.41) is 3.40. The Kier molecular flexibility index (Phi) is 6.29. The van der Waals surface area contributed by atoms with Crippen LogP contribution < -0.4 is 10.1 Å². The van der Waals surface area contributed by atoms with E-state index < -0.39 is 15.9 Å². The number of rotatable bonds is 6. The van der Waals surface area contributed by atoms with Gasteiger partial charge in [0.25, 0.3) is 5.91 Å². The summed E-state index contributed by atoms with van der Waals surface area (Å²) >= 11 is 0. The molecule has 35 heavy (non-hydrogen) atoms. The molecule has 1 amide bonds. The van der Waals surface area contributed by atoms with E-state index in [1.807, 2.05) is 30.3 Å². The molecule has 9 heteroatoms. The predicted octanol–water partition coefficient (Wildman–Crippen LogP) is 4.81. The molecule has 1 saturated heterocycles. The lowest BCUT2D eigenvalue weighted by molar-refractivity contribution is 0.0730. The summed E-state index contributed by atoms with van der Waals surface area (Å²) in [6.45, 7) is 3.11. The van der Waals surface area contributed by atoms with Gasteiger partial charge in [-0.15, -0.1) is 0 Å². The van der Waals surface area contributed by atoms with Gasteiger partial charge in [-0.1, -0.05) is 18.2 Å². The lowest BCUT2D eigenvalue weighted by Gasteiger charge is -2.26. The fourth-order valence-corrected chi connectivity index (χ4v) is 5.37. The van der Waals surface area contributed by atoms with E-state index in [1.54, 1.807) is 43.3 Å². The number of nitrogens with one attached hydrogen (secondary N) is 1. The van der Waals surface area contributed by atoms with Crippen molar-refractivity contribution in [2.75, 3.05) is 31.6 Å². The summed E-state index contributed by atoms with van der Waals surface area (Å²) in [6, 6.07) is 21.1. The van der Waals surface area contributed by atoms with Crippen molar-refractivity contribution >= 4 is 32.6 Å². The van der Waals surface area contributed by atoms with Crippen LogP contribution in [0.3, 0.4) is 0 Å². The third-order valence-electron chi connectivity index (χ3n) is 5.81. The molecule has 1 fully saturated rings. The maximum atomic E-state index is 13.0. The summed E-state index contributed by atoms with van der Waals surface area (Å²) in [7, 11) is -3.66. The molecule has 1 aliphatic rings. The van der Waals surface area contributed by atoms with Gasteiger partial charge in [0.15, 0.2) is 5.76 Å². The van der Waals surface area contributed by atoms with Crippen LogP contribution in [0.15, 0.2) is 82.1 Å². The number of aryl methyl sites for hydroxylation is 1. The maximum Gasteiger partial charge on any atom is 0.291 e. The second kappa shape index (κ2) is 9.53. The first-order valence-corrected chi connectivity index (χ1v) is 12.6. The van der Waals surface area contributed by atoms with Gasteiger partial charge >= 0.3 is 0 Å². The zero-order valence-electron chi connectivity index (χ0n) is 19.1. The highest BCUT2D eigenvalue weighted by Crippen LogP contribution is 2.30. The fourth-order valence-electron chi connectivity index (χ4n) is 3.93. The summed E-state index contributed by atoms with van der Waals surface area (Å²) in [5.41, 5.74) is 1.59. The third-order valence-corrected chi connectivity index (χ3v) is 7.71. The Bertz CT molecular complexity index is 1460. The number of sulfonamides is 1. The van der Waals surface area contributed by atoms with E-state index >= 15 is 0 Å². The average Bonchev–Trinajstić information content (AvgIpc) is 3.22. The molecule has 3 aromatic carbocycles. The first-order chi connectivity index (χ1) is 16.9. The Labute approximate surface area is 203 Å². The molecule has 4 aromatic rings. The van der Waals surface area contributed by atoms with E-state index in [4.69, 9.17) is 13.9 Å². The van der Waals surface area contributed by atoms with E-state index in [2.05, 4.69) is 5.32 Å². The zero-order valence-corrected chi connectivity index (χ0v) is 19.9. The van der Waals surface area contributed by atoms with Crippen LogP contribution >= 0.6 is 0 Å². The van der Waals surface area contributed by atoms with E-state index in [0.717, 1.165) is 5.75 Å². The van der Waals surface area contributed by atoms with Crippen molar-refractivity contribution < 1.29 is 27.1 Å². The number of hydrogen-bond donors (Lipinski definition) is 1. The quantitative estimate of drug-likeness (QED) is 0.415. The normalized spacial score (nSPS) is 14.7. The van der Waals surface area contributed by atoms with Crippen molar-refractivity contribution in [2.45, 2.75) is 11.8 Å². The second-order valence-corrected chi connectivity index (χ2v) is 10.1. The van der Waals surface area contributed by atoms with Crippen LogP contribution in [-0.2, 0) is 14.8 Å². The largest absolute Gasteiger partial charge is 0.457 e. The number of carbonyl (C=O) groups is 1. The van der Waals surface area contributed by atoms with Crippen LogP contribution in [0.25, 0.3) is 11.0 Å².